The Morgan fingerprint density at radius 1 is 1.29 bits per heavy atom. The van der Waals surface area contributed by atoms with Crippen molar-refractivity contribution in [3.05, 3.63) is 41.7 Å². The Kier molecular flexibility index (Phi) is 7.71. The number of rotatable bonds is 7. The molecule has 1 aliphatic rings. The lowest BCUT2D eigenvalue weighted by Gasteiger charge is -2.27. The van der Waals surface area contributed by atoms with Crippen LogP contribution in [0.25, 0.3) is 0 Å². The van der Waals surface area contributed by atoms with Gasteiger partial charge in [-0.1, -0.05) is 6.07 Å². The largest absolute Gasteiger partial charge is 0.493 e. The molecule has 2 heterocycles. The molecule has 1 amide bonds. The van der Waals surface area contributed by atoms with Crippen LogP contribution in [0.4, 0.5) is 0 Å². The van der Waals surface area contributed by atoms with E-state index in [1.165, 1.54) is 0 Å². The van der Waals surface area contributed by atoms with Crippen LogP contribution in [0, 0.1) is 5.92 Å². The number of ether oxygens (including phenoxy) is 2. The molecular formula is C20H29ClN4O3. The van der Waals surface area contributed by atoms with Crippen molar-refractivity contribution in [2.75, 3.05) is 33.9 Å². The molecule has 0 bridgehead atoms. The number of hydrogen-bond acceptors (Lipinski definition) is 5. The standard InChI is InChI=1S/C20H28N4O3.ClH/c1-5-24(12-14-6-7-18(26-3)19(8-14)27-4)20(25)17-11-21-10-16(17)15-9-22-23(2)13-15;/h6-9,13,16-17,21H,5,10-12H2,1-4H3;1H/t16-,17+;/m1./s1. The first-order valence-electron chi connectivity index (χ1n) is 9.26. The van der Waals surface area contributed by atoms with Gasteiger partial charge >= 0.3 is 0 Å². The van der Waals surface area contributed by atoms with Gasteiger partial charge in [-0.05, 0) is 30.2 Å². The van der Waals surface area contributed by atoms with E-state index >= 15 is 0 Å². The van der Waals surface area contributed by atoms with Crippen molar-refractivity contribution < 1.29 is 14.3 Å². The molecule has 1 saturated heterocycles. The van der Waals surface area contributed by atoms with Gasteiger partial charge < -0.3 is 19.7 Å². The van der Waals surface area contributed by atoms with E-state index < -0.39 is 0 Å². The number of hydrogen-bond donors (Lipinski definition) is 1. The Hall–Kier alpha value is -2.25. The van der Waals surface area contributed by atoms with Crippen LogP contribution < -0.4 is 14.8 Å². The van der Waals surface area contributed by atoms with Gasteiger partial charge in [0.05, 0.1) is 26.3 Å². The number of carbonyl (C=O) groups is 1. The topological polar surface area (TPSA) is 68.6 Å². The van der Waals surface area contributed by atoms with Crippen LogP contribution in [-0.2, 0) is 18.4 Å². The fraction of sp³-hybridized carbons (Fsp3) is 0.500. The molecule has 0 unspecified atom stereocenters. The van der Waals surface area contributed by atoms with Crippen LogP contribution in [-0.4, -0.2) is 54.4 Å². The third-order valence-electron chi connectivity index (χ3n) is 5.20. The summed E-state index contributed by atoms with van der Waals surface area (Å²) >= 11 is 0. The molecule has 1 aliphatic heterocycles. The Labute approximate surface area is 172 Å². The molecule has 2 atom stereocenters. The minimum atomic E-state index is -0.0747. The average Bonchev–Trinajstić information content (AvgIpc) is 3.34. The highest BCUT2D eigenvalue weighted by molar-refractivity contribution is 5.85. The zero-order valence-electron chi connectivity index (χ0n) is 16.8. The highest BCUT2D eigenvalue weighted by Gasteiger charge is 2.36. The van der Waals surface area contributed by atoms with Crippen molar-refractivity contribution >= 4 is 18.3 Å². The van der Waals surface area contributed by atoms with Crippen LogP contribution in [0.1, 0.15) is 24.0 Å². The molecule has 1 fully saturated rings. The number of benzene rings is 1. The van der Waals surface area contributed by atoms with Crippen LogP contribution in [0.3, 0.4) is 0 Å². The van der Waals surface area contributed by atoms with E-state index in [1.54, 1.807) is 18.9 Å². The van der Waals surface area contributed by atoms with E-state index in [0.29, 0.717) is 31.1 Å². The first-order valence-corrected chi connectivity index (χ1v) is 9.26. The maximum atomic E-state index is 13.3. The monoisotopic (exact) mass is 408 g/mol. The van der Waals surface area contributed by atoms with Gasteiger partial charge in [-0.2, -0.15) is 5.10 Å². The minimum Gasteiger partial charge on any atom is -0.493 e. The van der Waals surface area contributed by atoms with Crippen molar-refractivity contribution in [1.82, 2.24) is 20.0 Å². The number of methoxy groups -OCH3 is 2. The number of nitrogens with zero attached hydrogens (tertiary/aromatic N) is 3. The van der Waals surface area contributed by atoms with E-state index in [1.807, 2.05) is 49.5 Å². The Balaban J connectivity index is 0.00000280. The van der Waals surface area contributed by atoms with Gasteiger partial charge in [0.25, 0.3) is 0 Å². The molecule has 28 heavy (non-hydrogen) atoms. The van der Waals surface area contributed by atoms with Gasteiger partial charge in [-0.15, -0.1) is 12.4 Å². The lowest BCUT2D eigenvalue weighted by molar-refractivity contribution is -0.135. The van der Waals surface area contributed by atoms with Gasteiger partial charge in [0, 0.05) is 45.3 Å². The van der Waals surface area contributed by atoms with Crippen LogP contribution >= 0.6 is 12.4 Å². The Bertz CT molecular complexity index is 796. The highest BCUT2D eigenvalue weighted by Crippen LogP contribution is 2.31. The summed E-state index contributed by atoms with van der Waals surface area (Å²) in [6.45, 7) is 4.71. The molecule has 0 radical (unpaired) electrons. The molecule has 3 rings (SSSR count). The Morgan fingerprint density at radius 2 is 2.04 bits per heavy atom. The van der Waals surface area contributed by atoms with Gasteiger partial charge in [-0.25, -0.2) is 0 Å². The van der Waals surface area contributed by atoms with E-state index in [2.05, 4.69) is 10.4 Å². The molecule has 0 saturated carbocycles. The molecule has 2 aromatic rings. The van der Waals surface area contributed by atoms with Gasteiger partial charge in [0.1, 0.15) is 0 Å². The molecule has 0 spiro atoms. The molecule has 1 aromatic carbocycles. The smallest absolute Gasteiger partial charge is 0.227 e. The average molecular weight is 409 g/mol. The highest BCUT2D eigenvalue weighted by atomic mass is 35.5. The summed E-state index contributed by atoms with van der Waals surface area (Å²) in [5, 5.41) is 7.63. The van der Waals surface area contributed by atoms with E-state index in [0.717, 1.165) is 17.7 Å². The maximum absolute atomic E-state index is 13.3. The van der Waals surface area contributed by atoms with Crippen molar-refractivity contribution in [2.24, 2.45) is 13.0 Å². The van der Waals surface area contributed by atoms with E-state index in [-0.39, 0.29) is 30.2 Å². The number of nitrogens with one attached hydrogen (secondary N) is 1. The summed E-state index contributed by atoms with van der Waals surface area (Å²) in [6, 6.07) is 5.78. The second kappa shape index (κ2) is 9.80. The second-order valence-corrected chi connectivity index (χ2v) is 6.86. The number of aromatic nitrogens is 2. The summed E-state index contributed by atoms with van der Waals surface area (Å²) in [6.07, 6.45) is 3.87. The lowest BCUT2D eigenvalue weighted by Crippen LogP contribution is -2.38. The first kappa shape index (κ1) is 22.0. The summed E-state index contributed by atoms with van der Waals surface area (Å²) in [7, 11) is 5.14. The van der Waals surface area contributed by atoms with Crippen molar-refractivity contribution in [3.8, 4) is 11.5 Å². The third-order valence-corrected chi connectivity index (χ3v) is 5.20. The predicted octanol–water partition coefficient (Wildman–Crippen LogP) is 2.21. The zero-order valence-corrected chi connectivity index (χ0v) is 17.7. The molecule has 1 N–H and O–H groups in total. The Morgan fingerprint density at radius 3 is 2.64 bits per heavy atom. The van der Waals surface area contributed by atoms with Crippen LogP contribution in [0.5, 0.6) is 11.5 Å². The van der Waals surface area contributed by atoms with E-state index in [4.69, 9.17) is 9.47 Å². The van der Waals surface area contributed by atoms with Crippen molar-refractivity contribution in [3.63, 3.8) is 0 Å². The second-order valence-electron chi connectivity index (χ2n) is 6.86. The number of amides is 1. The van der Waals surface area contributed by atoms with Crippen molar-refractivity contribution in [1.29, 1.82) is 0 Å². The molecule has 154 valence electrons. The molecule has 0 aliphatic carbocycles. The summed E-state index contributed by atoms with van der Waals surface area (Å²) in [5.74, 6) is 1.62. The van der Waals surface area contributed by atoms with Crippen LogP contribution in [0.15, 0.2) is 30.6 Å². The SMILES string of the molecule is CCN(Cc1ccc(OC)c(OC)c1)C(=O)[C@H]1CNC[C@@H]1c1cnn(C)c1.Cl. The van der Waals surface area contributed by atoms with Gasteiger partial charge in [0.15, 0.2) is 11.5 Å². The molecule has 8 heteroatoms. The fourth-order valence-electron chi connectivity index (χ4n) is 3.70. The van der Waals surface area contributed by atoms with Crippen molar-refractivity contribution in [2.45, 2.75) is 19.4 Å². The minimum absolute atomic E-state index is 0. The number of halogens is 1. The summed E-state index contributed by atoms with van der Waals surface area (Å²) < 4.78 is 12.5. The van der Waals surface area contributed by atoms with Gasteiger partial charge in [-0.3, -0.25) is 9.48 Å². The molecule has 1 aromatic heterocycles. The zero-order chi connectivity index (χ0) is 19.4. The first-order chi connectivity index (χ1) is 13.1. The maximum Gasteiger partial charge on any atom is 0.227 e. The third kappa shape index (κ3) is 4.59. The fourth-order valence-corrected chi connectivity index (χ4v) is 3.70. The predicted molar refractivity (Wildman–Crippen MR) is 110 cm³/mol. The summed E-state index contributed by atoms with van der Waals surface area (Å²) in [4.78, 5) is 15.2. The number of aryl methyl sites for hydroxylation is 1. The quantitative estimate of drug-likeness (QED) is 0.760. The van der Waals surface area contributed by atoms with Crippen LogP contribution in [0.2, 0.25) is 0 Å². The summed E-state index contributed by atoms with van der Waals surface area (Å²) in [5.41, 5.74) is 2.13. The molecular weight excluding hydrogens is 380 g/mol. The normalized spacial score (nSPS) is 18.4. The number of carbonyl (C=O) groups excluding carboxylic acids is 1. The van der Waals surface area contributed by atoms with E-state index in [9.17, 15) is 4.79 Å². The van der Waals surface area contributed by atoms with Gasteiger partial charge in [0.2, 0.25) is 5.91 Å². The lowest BCUT2D eigenvalue weighted by atomic mass is 9.89. The molecule has 7 nitrogen and oxygen atoms in total.